The third-order valence-corrected chi connectivity index (χ3v) is 6.62. The third kappa shape index (κ3) is 3.66. The predicted molar refractivity (Wildman–Crippen MR) is 92.1 cm³/mol. The summed E-state index contributed by atoms with van der Waals surface area (Å²) in [7, 11) is 0. The molecule has 4 bridgehead atoms. The Morgan fingerprint density at radius 3 is 2.68 bits per heavy atom. The molecule has 4 saturated heterocycles. The number of rotatable bonds is 8. The smallest absolute Gasteiger partial charge is 0.158 e. The largest absolute Gasteiger partial charge is 0.350 e. The molecule has 0 aliphatic carbocycles. The third-order valence-electron chi connectivity index (χ3n) is 6.62. The molecule has 4 aliphatic heterocycles. The molecule has 0 spiro atoms. The minimum Gasteiger partial charge on any atom is -0.350 e. The van der Waals surface area contributed by atoms with Gasteiger partial charge in [-0.2, -0.15) is 0 Å². The number of ether oxygens (including phenoxy) is 4. The predicted octanol–water partition coefficient (Wildman–Crippen LogP) is 3.73. The van der Waals surface area contributed by atoms with Crippen molar-refractivity contribution in [3.8, 4) is 0 Å². The van der Waals surface area contributed by atoms with Crippen LogP contribution in [0.3, 0.4) is 0 Å². The first kappa shape index (κ1) is 17.9. The normalized spacial score (nSPS) is 41.0. The molecule has 4 fully saturated rings. The van der Waals surface area contributed by atoms with E-state index in [1.807, 2.05) is 0 Å². The van der Waals surface area contributed by atoms with Gasteiger partial charge in [-0.05, 0) is 57.3 Å². The zero-order valence-electron chi connectivity index (χ0n) is 15.5. The van der Waals surface area contributed by atoms with Crippen LogP contribution in [0.2, 0.25) is 0 Å². The van der Waals surface area contributed by atoms with Crippen LogP contribution in [0.25, 0.3) is 0 Å². The molecule has 5 heteroatoms. The van der Waals surface area contributed by atoms with Gasteiger partial charge in [0.05, 0.1) is 24.4 Å². The molecule has 0 aromatic heterocycles. The van der Waals surface area contributed by atoms with Crippen molar-refractivity contribution in [2.24, 2.45) is 5.92 Å². The summed E-state index contributed by atoms with van der Waals surface area (Å²) in [6.45, 7) is 3.51. The van der Waals surface area contributed by atoms with Crippen LogP contribution in [-0.4, -0.2) is 42.8 Å². The topological polar surface area (TPSA) is 54.0 Å². The Hall–Kier alpha value is -0.490. The van der Waals surface area contributed by atoms with Gasteiger partial charge in [-0.25, -0.2) is 0 Å². The lowest BCUT2D eigenvalue weighted by molar-refractivity contribution is -0.148. The van der Waals surface area contributed by atoms with Crippen molar-refractivity contribution >= 4 is 5.78 Å². The highest BCUT2D eigenvalue weighted by Crippen LogP contribution is 2.45. The monoisotopic (exact) mass is 352 g/mol. The molecule has 0 N–H and O–H groups in total. The highest BCUT2D eigenvalue weighted by atomic mass is 16.7. The van der Waals surface area contributed by atoms with E-state index in [1.165, 1.54) is 0 Å². The summed E-state index contributed by atoms with van der Waals surface area (Å²) in [6, 6.07) is 0. The fourth-order valence-corrected chi connectivity index (χ4v) is 5.18. The summed E-state index contributed by atoms with van der Waals surface area (Å²) in [4.78, 5) is 12.8. The molecule has 142 valence electrons. The van der Waals surface area contributed by atoms with Crippen molar-refractivity contribution in [3.63, 3.8) is 0 Å². The summed E-state index contributed by atoms with van der Waals surface area (Å²) in [6.07, 6.45) is 10.4. The highest BCUT2D eigenvalue weighted by molar-refractivity contribution is 5.78. The second kappa shape index (κ2) is 7.26. The summed E-state index contributed by atoms with van der Waals surface area (Å²) in [5, 5.41) is 0. The van der Waals surface area contributed by atoms with E-state index in [0.29, 0.717) is 31.8 Å². The summed E-state index contributed by atoms with van der Waals surface area (Å²) < 4.78 is 23.8. The Kier molecular flexibility index (Phi) is 5.20. The van der Waals surface area contributed by atoms with Gasteiger partial charge in [0.2, 0.25) is 0 Å². The van der Waals surface area contributed by atoms with Gasteiger partial charge in [-0.1, -0.05) is 13.3 Å². The Morgan fingerprint density at radius 1 is 1.08 bits per heavy atom. The number of hydrogen-bond donors (Lipinski definition) is 0. The summed E-state index contributed by atoms with van der Waals surface area (Å²) in [5.74, 6) is 0.630. The van der Waals surface area contributed by atoms with Gasteiger partial charge >= 0.3 is 0 Å². The van der Waals surface area contributed by atoms with Crippen molar-refractivity contribution in [3.05, 3.63) is 0 Å². The molecule has 0 radical (unpaired) electrons. The molecule has 4 heterocycles. The lowest BCUT2D eigenvalue weighted by Gasteiger charge is -2.38. The maximum absolute atomic E-state index is 12.8. The Balaban J connectivity index is 1.33. The van der Waals surface area contributed by atoms with Crippen LogP contribution in [0.15, 0.2) is 0 Å². The van der Waals surface area contributed by atoms with Crippen molar-refractivity contribution in [2.45, 2.75) is 101 Å². The van der Waals surface area contributed by atoms with E-state index in [4.69, 9.17) is 18.9 Å². The molecule has 5 unspecified atom stereocenters. The fraction of sp³-hybridized carbons (Fsp3) is 0.950. The first-order valence-corrected chi connectivity index (χ1v) is 10.2. The molecular formula is C20H32O5. The van der Waals surface area contributed by atoms with Gasteiger partial charge in [-0.15, -0.1) is 0 Å². The van der Waals surface area contributed by atoms with E-state index < -0.39 is 0 Å². The number of ketones is 1. The fourth-order valence-electron chi connectivity index (χ4n) is 5.18. The molecule has 4 rings (SSSR count). The molecule has 0 amide bonds. The molecule has 0 saturated carbocycles. The van der Waals surface area contributed by atoms with Crippen LogP contribution in [0, 0.1) is 5.92 Å². The molecule has 4 aliphatic rings. The Labute approximate surface area is 150 Å². The summed E-state index contributed by atoms with van der Waals surface area (Å²) in [5.41, 5.74) is -0.407. The highest BCUT2D eigenvalue weighted by Gasteiger charge is 2.50. The molecule has 25 heavy (non-hydrogen) atoms. The number of hydrogen-bond acceptors (Lipinski definition) is 5. The second-order valence-electron chi connectivity index (χ2n) is 8.48. The van der Waals surface area contributed by atoms with Gasteiger partial charge in [0.1, 0.15) is 5.78 Å². The average molecular weight is 352 g/mol. The van der Waals surface area contributed by atoms with Crippen molar-refractivity contribution < 1.29 is 23.7 Å². The van der Waals surface area contributed by atoms with Crippen LogP contribution in [0.5, 0.6) is 0 Å². The van der Waals surface area contributed by atoms with Gasteiger partial charge in [0, 0.05) is 12.8 Å². The van der Waals surface area contributed by atoms with Crippen LogP contribution in [0.4, 0.5) is 0 Å². The Morgan fingerprint density at radius 2 is 1.84 bits per heavy atom. The molecule has 5 nitrogen and oxygen atoms in total. The van der Waals surface area contributed by atoms with E-state index in [1.54, 1.807) is 0 Å². The number of carbonyl (C=O) groups excluding carboxylic acids is 1. The van der Waals surface area contributed by atoms with E-state index in [9.17, 15) is 4.79 Å². The maximum atomic E-state index is 12.8. The van der Waals surface area contributed by atoms with Crippen molar-refractivity contribution in [1.29, 1.82) is 0 Å². The summed E-state index contributed by atoms with van der Waals surface area (Å²) >= 11 is 0. The molecule has 0 aromatic rings. The first-order valence-electron chi connectivity index (χ1n) is 10.2. The standard InChI is InChI=1S/C20H32O5/c1-2-5-15(20-10-4-7-18(25-20)23-14-20)12-16(21)8-11-19-9-3-6-17(24-19)22-13-19/h15,17-18H,2-14H2,1H3. The minimum atomic E-state index is -0.213. The van der Waals surface area contributed by atoms with E-state index in [0.717, 1.165) is 57.8 Å². The molecule has 0 aromatic carbocycles. The molecule has 5 atom stereocenters. The first-order chi connectivity index (χ1) is 12.1. The quantitative estimate of drug-likeness (QED) is 0.666. The van der Waals surface area contributed by atoms with Crippen LogP contribution in [0.1, 0.15) is 77.6 Å². The van der Waals surface area contributed by atoms with Crippen LogP contribution in [-0.2, 0) is 23.7 Å². The van der Waals surface area contributed by atoms with Gasteiger partial charge in [-0.3, -0.25) is 4.79 Å². The second-order valence-corrected chi connectivity index (χ2v) is 8.48. The number of carbonyl (C=O) groups is 1. The minimum absolute atomic E-state index is 0.0289. The van der Waals surface area contributed by atoms with Crippen molar-refractivity contribution in [1.82, 2.24) is 0 Å². The number of fused-ring (bicyclic) bond motifs is 4. The SMILES string of the molecule is CCCC(CC(=O)CCC12CCCC(OC1)O2)C12CCCC(OC1)O2. The van der Waals surface area contributed by atoms with Gasteiger partial charge in [0.25, 0.3) is 0 Å². The zero-order chi connectivity index (χ0) is 17.3. The zero-order valence-corrected chi connectivity index (χ0v) is 15.5. The molecular weight excluding hydrogens is 320 g/mol. The van der Waals surface area contributed by atoms with E-state index in [-0.39, 0.29) is 29.7 Å². The van der Waals surface area contributed by atoms with Gasteiger partial charge in [0.15, 0.2) is 12.6 Å². The maximum Gasteiger partial charge on any atom is 0.158 e. The lowest BCUT2D eigenvalue weighted by atomic mass is 9.76. The number of Topliss-reactive ketones (excluding diaryl/α,β-unsaturated/α-hetero) is 1. The van der Waals surface area contributed by atoms with Crippen LogP contribution >= 0.6 is 0 Å². The lowest BCUT2D eigenvalue weighted by Crippen LogP contribution is -2.44. The van der Waals surface area contributed by atoms with Gasteiger partial charge < -0.3 is 18.9 Å². The average Bonchev–Trinajstić information content (AvgIpc) is 3.09. The van der Waals surface area contributed by atoms with Crippen molar-refractivity contribution in [2.75, 3.05) is 13.2 Å². The Bertz CT molecular complexity index is 486. The van der Waals surface area contributed by atoms with E-state index in [2.05, 4.69) is 6.92 Å². The van der Waals surface area contributed by atoms with Crippen LogP contribution < -0.4 is 0 Å². The van der Waals surface area contributed by atoms with E-state index >= 15 is 0 Å².